The van der Waals surface area contributed by atoms with E-state index in [-0.39, 0.29) is 4.90 Å². The van der Waals surface area contributed by atoms with E-state index in [2.05, 4.69) is 20.7 Å². The van der Waals surface area contributed by atoms with Crippen molar-refractivity contribution in [3.63, 3.8) is 0 Å². The third-order valence-electron chi connectivity index (χ3n) is 3.38. The largest absolute Gasteiger partial charge is 0.493 e. The zero-order valence-corrected chi connectivity index (χ0v) is 15.7. The molecule has 0 aromatic heterocycles. The third kappa shape index (κ3) is 3.79. The Balaban J connectivity index is 2.45. The van der Waals surface area contributed by atoms with Crippen LogP contribution in [0.1, 0.15) is 11.1 Å². The fraction of sp³-hybridized carbons (Fsp3) is 0.250. The molecule has 2 rings (SSSR count). The van der Waals surface area contributed by atoms with E-state index in [4.69, 9.17) is 9.47 Å². The number of sulfonamides is 1. The van der Waals surface area contributed by atoms with Crippen molar-refractivity contribution in [2.24, 2.45) is 0 Å². The summed E-state index contributed by atoms with van der Waals surface area (Å²) in [6.45, 7) is 3.60. The predicted octanol–water partition coefficient (Wildman–Crippen LogP) is 3.88. The molecule has 1 N–H and O–H groups in total. The van der Waals surface area contributed by atoms with Crippen molar-refractivity contribution in [2.75, 3.05) is 18.9 Å². The van der Waals surface area contributed by atoms with Crippen LogP contribution in [0.25, 0.3) is 0 Å². The summed E-state index contributed by atoms with van der Waals surface area (Å²) in [5.74, 6) is 0.855. The van der Waals surface area contributed by atoms with Crippen molar-refractivity contribution >= 4 is 31.6 Å². The standard InChI is InChI=1S/C16H18BrNO4S/c1-10-7-12(5-6-13(10)17)18-23(19,20)16-9-15(22-4)14(21-3)8-11(16)2/h5-9,18H,1-4H3. The van der Waals surface area contributed by atoms with E-state index >= 15 is 0 Å². The Labute approximate surface area is 144 Å². The molecule has 0 unspecified atom stereocenters. The molecule has 7 heteroatoms. The van der Waals surface area contributed by atoms with Gasteiger partial charge in [-0.3, -0.25) is 4.72 Å². The first-order valence-corrected chi connectivity index (χ1v) is 9.07. The number of halogens is 1. The third-order valence-corrected chi connectivity index (χ3v) is 5.79. The Morgan fingerprint density at radius 3 is 2.13 bits per heavy atom. The van der Waals surface area contributed by atoms with Crippen LogP contribution in [0.5, 0.6) is 11.5 Å². The summed E-state index contributed by atoms with van der Waals surface area (Å²) in [6.07, 6.45) is 0. The quantitative estimate of drug-likeness (QED) is 0.827. The monoisotopic (exact) mass is 399 g/mol. The van der Waals surface area contributed by atoms with E-state index in [1.807, 2.05) is 6.92 Å². The van der Waals surface area contributed by atoms with Gasteiger partial charge in [0.05, 0.1) is 19.1 Å². The number of ether oxygens (including phenoxy) is 2. The van der Waals surface area contributed by atoms with Crippen LogP contribution in [-0.2, 0) is 10.0 Å². The minimum Gasteiger partial charge on any atom is -0.493 e. The number of methoxy groups -OCH3 is 2. The van der Waals surface area contributed by atoms with Gasteiger partial charge in [-0.1, -0.05) is 15.9 Å². The maximum atomic E-state index is 12.7. The van der Waals surface area contributed by atoms with E-state index in [0.717, 1.165) is 10.0 Å². The minimum atomic E-state index is -3.73. The fourth-order valence-corrected chi connectivity index (χ4v) is 3.71. The van der Waals surface area contributed by atoms with Crippen LogP contribution in [0.15, 0.2) is 39.7 Å². The highest BCUT2D eigenvalue weighted by molar-refractivity contribution is 9.10. The predicted molar refractivity (Wildman–Crippen MR) is 94.0 cm³/mol. The highest BCUT2D eigenvalue weighted by Gasteiger charge is 2.20. The summed E-state index contributed by atoms with van der Waals surface area (Å²) in [7, 11) is -0.756. The molecule has 0 radical (unpaired) electrons. The number of hydrogen-bond acceptors (Lipinski definition) is 4. The second kappa shape index (κ2) is 6.80. The van der Waals surface area contributed by atoms with Gasteiger partial charge in [0.1, 0.15) is 0 Å². The second-order valence-corrected chi connectivity index (χ2v) is 7.55. The molecule has 23 heavy (non-hydrogen) atoms. The van der Waals surface area contributed by atoms with Gasteiger partial charge in [-0.05, 0) is 49.2 Å². The first kappa shape index (κ1) is 17.6. The van der Waals surface area contributed by atoms with Crippen molar-refractivity contribution in [3.8, 4) is 11.5 Å². The topological polar surface area (TPSA) is 64.6 Å². The maximum absolute atomic E-state index is 12.7. The van der Waals surface area contributed by atoms with Crippen LogP contribution >= 0.6 is 15.9 Å². The zero-order valence-electron chi connectivity index (χ0n) is 13.3. The van der Waals surface area contributed by atoms with E-state index in [1.165, 1.54) is 20.3 Å². The van der Waals surface area contributed by atoms with E-state index in [9.17, 15) is 8.42 Å². The van der Waals surface area contributed by atoms with Crippen LogP contribution < -0.4 is 14.2 Å². The molecule has 0 saturated carbocycles. The van der Waals surface area contributed by atoms with Crippen molar-refractivity contribution < 1.29 is 17.9 Å². The molecule has 2 aromatic carbocycles. The summed E-state index contributed by atoms with van der Waals surface area (Å²) in [6, 6.07) is 8.36. The Bertz CT molecular complexity index is 834. The molecule has 0 heterocycles. The minimum absolute atomic E-state index is 0.149. The van der Waals surface area contributed by atoms with Gasteiger partial charge in [-0.15, -0.1) is 0 Å². The van der Waals surface area contributed by atoms with Gasteiger partial charge in [0.15, 0.2) is 11.5 Å². The number of benzene rings is 2. The fourth-order valence-electron chi connectivity index (χ4n) is 2.17. The molecule has 0 aliphatic carbocycles. The lowest BCUT2D eigenvalue weighted by Gasteiger charge is -2.14. The molecular weight excluding hydrogens is 382 g/mol. The molecule has 0 aliphatic heterocycles. The van der Waals surface area contributed by atoms with E-state index in [1.54, 1.807) is 31.2 Å². The number of anilines is 1. The van der Waals surface area contributed by atoms with Crippen LogP contribution in [0, 0.1) is 13.8 Å². The van der Waals surface area contributed by atoms with Gasteiger partial charge in [0, 0.05) is 16.2 Å². The van der Waals surface area contributed by atoms with Gasteiger partial charge in [0.25, 0.3) is 10.0 Å². The summed E-state index contributed by atoms with van der Waals surface area (Å²) < 4.78 is 39.2. The Kier molecular flexibility index (Phi) is 5.21. The van der Waals surface area contributed by atoms with Crippen molar-refractivity contribution in [1.29, 1.82) is 0 Å². The molecule has 0 spiro atoms. The number of rotatable bonds is 5. The smallest absolute Gasteiger partial charge is 0.262 e. The van der Waals surface area contributed by atoms with Crippen LogP contribution in [0.4, 0.5) is 5.69 Å². The number of hydrogen-bond donors (Lipinski definition) is 1. The molecule has 5 nitrogen and oxygen atoms in total. The molecule has 0 amide bonds. The first-order chi connectivity index (χ1) is 10.8. The molecule has 0 bridgehead atoms. The highest BCUT2D eigenvalue weighted by atomic mass is 79.9. The molecule has 2 aromatic rings. The molecule has 0 saturated heterocycles. The van der Waals surface area contributed by atoms with Crippen LogP contribution in [-0.4, -0.2) is 22.6 Å². The van der Waals surface area contributed by atoms with Crippen molar-refractivity contribution in [2.45, 2.75) is 18.7 Å². The second-order valence-electron chi connectivity index (χ2n) is 5.04. The number of nitrogens with one attached hydrogen (secondary N) is 1. The summed E-state index contributed by atoms with van der Waals surface area (Å²) in [5, 5.41) is 0. The lowest BCUT2D eigenvalue weighted by molar-refractivity contribution is 0.353. The lowest BCUT2D eigenvalue weighted by atomic mass is 10.2. The first-order valence-electron chi connectivity index (χ1n) is 6.80. The normalized spacial score (nSPS) is 11.2. The van der Waals surface area contributed by atoms with Gasteiger partial charge >= 0.3 is 0 Å². The molecule has 0 aliphatic rings. The average Bonchev–Trinajstić information content (AvgIpc) is 2.50. The average molecular weight is 400 g/mol. The lowest BCUT2D eigenvalue weighted by Crippen LogP contribution is -2.14. The zero-order chi connectivity index (χ0) is 17.2. The van der Waals surface area contributed by atoms with Gasteiger partial charge in [-0.25, -0.2) is 8.42 Å². The Morgan fingerprint density at radius 1 is 0.957 bits per heavy atom. The van der Waals surface area contributed by atoms with E-state index in [0.29, 0.717) is 22.7 Å². The Hall–Kier alpha value is -1.73. The van der Waals surface area contributed by atoms with Gasteiger partial charge < -0.3 is 9.47 Å². The van der Waals surface area contributed by atoms with Gasteiger partial charge in [0.2, 0.25) is 0 Å². The molecule has 0 atom stereocenters. The highest BCUT2D eigenvalue weighted by Crippen LogP contribution is 2.33. The van der Waals surface area contributed by atoms with Crippen molar-refractivity contribution in [3.05, 3.63) is 45.9 Å². The van der Waals surface area contributed by atoms with Crippen LogP contribution in [0.3, 0.4) is 0 Å². The molecular formula is C16H18BrNO4S. The van der Waals surface area contributed by atoms with E-state index < -0.39 is 10.0 Å². The summed E-state index contributed by atoms with van der Waals surface area (Å²) >= 11 is 3.39. The molecule has 0 fully saturated rings. The summed E-state index contributed by atoms with van der Waals surface area (Å²) in [4.78, 5) is 0.149. The SMILES string of the molecule is COc1cc(C)c(S(=O)(=O)Nc2ccc(Br)c(C)c2)cc1OC. The van der Waals surface area contributed by atoms with Crippen LogP contribution in [0.2, 0.25) is 0 Å². The Morgan fingerprint density at radius 2 is 1.57 bits per heavy atom. The number of aryl methyl sites for hydroxylation is 2. The molecule has 124 valence electrons. The summed E-state index contributed by atoms with van der Waals surface area (Å²) in [5.41, 5.74) is 2.01. The maximum Gasteiger partial charge on any atom is 0.262 e. The van der Waals surface area contributed by atoms with Gasteiger partial charge in [-0.2, -0.15) is 0 Å². The van der Waals surface area contributed by atoms with Crippen molar-refractivity contribution in [1.82, 2.24) is 0 Å².